The lowest BCUT2D eigenvalue weighted by Crippen LogP contribution is -2.28. The molecule has 56 valence electrons. The summed E-state index contributed by atoms with van der Waals surface area (Å²) in [6, 6.07) is -0.356. The molecule has 2 N–H and O–H groups in total. The zero-order valence-corrected chi connectivity index (χ0v) is 5.16. The lowest BCUT2D eigenvalue weighted by molar-refractivity contribution is -0.137. The van der Waals surface area contributed by atoms with E-state index in [1.807, 2.05) is 0 Å². The van der Waals surface area contributed by atoms with Gasteiger partial charge in [0.15, 0.2) is 0 Å². The van der Waals surface area contributed by atoms with Crippen molar-refractivity contribution < 1.29 is 19.4 Å². The molecule has 0 aromatic heterocycles. The van der Waals surface area contributed by atoms with Gasteiger partial charge in [-0.05, 0) is 0 Å². The summed E-state index contributed by atoms with van der Waals surface area (Å²) in [5.74, 6) is -0.934. The van der Waals surface area contributed by atoms with Crippen molar-refractivity contribution >= 4 is 12.1 Å². The predicted molar refractivity (Wildman–Crippen MR) is 30.5 cm³/mol. The first-order valence-corrected chi connectivity index (χ1v) is 2.83. The molecular weight excluding hydrogens is 138 g/mol. The van der Waals surface area contributed by atoms with Crippen molar-refractivity contribution in [3.8, 4) is 0 Å². The molecule has 1 aliphatic rings. The number of cyclic esters (lactones) is 1. The van der Waals surface area contributed by atoms with Crippen LogP contribution in [-0.4, -0.2) is 29.8 Å². The van der Waals surface area contributed by atoms with Crippen LogP contribution in [0, 0.1) is 0 Å². The van der Waals surface area contributed by atoms with Gasteiger partial charge in [0.05, 0.1) is 12.5 Å². The fourth-order valence-electron chi connectivity index (χ4n) is 0.747. The van der Waals surface area contributed by atoms with Gasteiger partial charge in [0.25, 0.3) is 0 Å². The molecule has 1 fully saturated rings. The van der Waals surface area contributed by atoms with Crippen LogP contribution in [-0.2, 0) is 9.53 Å². The zero-order chi connectivity index (χ0) is 7.56. The molecular formula is C5H7NO4. The fourth-order valence-corrected chi connectivity index (χ4v) is 0.747. The Morgan fingerprint density at radius 3 is 3.00 bits per heavy atom. The summed E-state index contributed by atoms with van der Waals surface area (Å²) in [6.07, 6.45) is -0.614. The standard InChI is InChI=1S/C5H7NO4/c7-4(8)1-3-2-10-5(9)6-3/h3H,1-2H2,(H,6,9)(H,7,8)/t3-/m1/s1. The largest absolute Gasteiger partial charge is 0.481 e. The van der Waals surface area contributed by atoms with Crippen LogP contribution < -0.4 is 5.32 Å². The molecule has 0 aliphatic carbocycles. The molecule has 0 spiro atoms. The van der Waals surface area contributed by atoms with Crippen LogP contribution in [0.1, 0.15) is 6.42 Å². The minimum absolute atomic E-state index is 0.0776. The number of carboxylic acids is 1. The molecule has 5 nitrogen and oxygen atoms in total. The van der Waals surface area contributed by atoms with Gasteiger partial charge in [-0.2, -0.15) is 0 Å². The zero-order valence-electron chi connectivity index (χ0n) is 5.16. The Morgan fingerprint density at radius 1 is 1.90 bits per heavy atom. The van der Waals surface area contributed by atoms with Crippen LogP contribution in [0.3, 0.4) is 0 Å². The molecule has 10 heavy (non-hydrogen) atoms. The summed E-state index contributed by atoms with van der Waals surface area (Å²) < 4.78 is 4.45. The molecule has 1 amide bonds. The van der Waals surface area contributed by atoms with E-state index >= 15 is 0 Å². The average Bonchev–Trinajstić information content (AvgIpc) is 2.13. The van der Waals surface area contributed by atoms with Gasteiger partial charge in [-0.25, -0.2) is 4.79 Å². The smallest absolute Gasteiger partial charge is 0.407 e. The predicted octanol–water partition coefficient (Wildman–Crippen LogP) is -0.430. The summed E-state index contributed by atoms with van der Waals surface area (Å²) in [5, 5.41) is 10.6. The maximum Gasteiger partial charge on any atom is 0.407 e. The Balaban J connectivity index is 2.31. The second-order valence-electron chi connectivity index (χ2n) is 2.04. The first-order chi connectivity index (χ1) is 4.68. The van der Waals surface area contributed by atoms with Crippen LogP contribution in [0.5, 0.6) is 0 Å². The maximum absolute atomic E-state index is 10.3. The third-order valence-corrected chi connectivity index (χ3v) is 1.16. The highest BCUT2D eigenvalue weighted by molar-refractivity contribution is 5.73. The lowest BCUT2D eigenvalue weighted by atomic mass is 10.2. The Hall–Kier alpha value is -1.26. The van der Waals surface area contributed by atoms with Crippen molar-refractivity contribution in [2.45, 2.75) is 12.5 Å². The van der Waals surface area contributed by atoms with Gasteiger partial charge in [-0.3, -0.25) is 4.79 Å². The number of hydrogen-bond acceptors (Lipinski definition) is 3. The van der Waals surface area contributed by atoms with Gasteiger partial charge in [-0.15, -0.1) is 0 Å². The molecule has 0 radical (unpaired) electrons. The van der Waals surface area contributed by atoms with Crippen molar-refractivity contribution in [3.05, 3.63) is 0 Å². The molecule has 0 unspecified atom stereocenters. The van der Waals surface area contributed by atoms with E-state index in [9.17, 15) is 9.59 Å². The molecule has 1 aliphatic heterocycles. The van der Waals surface area contributed by atoms with Crippen LogP contribution in [0.25, 0.3) is 0 Å². The quantitative estimate of drug-likeness (QED) is 0.552. The average molecular weight is 145 g/mol. The maximum atomic E-state index is 10.3. The van der Waals surface area contributed by atoms with Crippen molar-refractivity contribution in [2.75, 3.05) is 6.61 Å². The number of ether oxygens (including phenoxy) is 1. The second-order valence-corrected chi connectivity index (χ2v) is 2.04. The first-order valence-electron chi connectivity index (χ1n) is 2.83. The number of alkyl carbamates (subject to hydrolysis) is 1. The summed E-state index contributed by atoms with van der Waals surface area (Å²) in [4.78, 5) is 20.4. The second kappa shape index (κ2) is 2.55. The van der Waals surface area contributed by atoms with Gasteiger partial charge in [0.1, 0.15) is 6.61 Å². The van der Waals surface area contributed by atoms with E-state index in [-0.39, 0.29) is 19.1 Å². The molecule has 0 aromatic carbocycles. The van der Waals surface area contributed by atoms with E-state index in [1.165, 1.54) is 0 Å². The molecule has 0 bridgehead atoms. The molecule has 1 heterocycles. The Kier molecular flexibility index (Phi) is 1.75. The number of carbonyl (C=O) groups excluding carboxylic acids is 1. The Labute approximate surface area is 57.0 Å². The van der Waals surface area contributed by atoms with Gasteiger partial charge in [0, 0.05) is 0 Å². The van der Waals surface area contributed by atoms with Gasteiger partial charge in [-0.1, -0.05) is 0 Å². The topological polar surface area (TPSA) is 75.6 Å². The summed E-state index contributed by atoms with van der Waals surface area (Å²) in [7, 11) is 0. The highest BCUT2D eigenvalue weighted by Crippen LogP contribution is 2.00. The summed E-state index contributed by atoms with van der Waals surface area (Å²) in [6.45, 7) is 0.158. The normalized spacial score (nSPS) is 23.6. The number of aliphatic carboxylic acids is 1. The number of hydrogen-bond donors (Lipinski definition) is 2. The van der Waals surface area contributed by atoms with E-state index in [4.69, 9.17) is 5.11 Å². The number of carbonyl (C=O) groups is 2. The number of amides is 1. The third-order valence-electron chi connectivity index (χ3n) is 1.16. The van der Waals surface area contributed by atoms with Crippen LogP contribution in [0.2, 0.25) is 0 Å². The molecule has 5 heteroatoms. The fraction of sp³-hybridized carbons (Fsp3) is 0.600. The molecule has 1 atom stereocenters. The van der Waals surface area contributed by atoms with Crippen LogP contribution in [0.15, 0.2) is 0 Å². The monoisotopic (exact) mass is 145 g/mol. The van der Waals surface area contributed by atoms with E-state index in [1.54, 1.807) is 0 Å². The number of carboxylic acid groups (broad SMARTS) is 1. The lowest BCUT2D eigenvalue weighted by Gasteiger charge is -1.99. The minimum Gasteiger partial charge on any atom is -0.481 e. The van der Waals surface area contributed by atoms with Crippen molar-refractivity contribution in [2.24, 2.45) is 0 Å². The number of rotatable bonds is 2. The molecule has 0 aromatic rings. The van der Waals surface area contributed by atoms with Gasteiger partial charge < -0.3 is 15.2 Å². The van der Waals surface area contributed by atoms with E-state index in [0.717, 1.165) is 0 Å². The first kappa shape index (κ1) is 6.85. The van der Waals surface area contributed by atoms with Gasteiger partial charge >= 0.3 is 12.1 Å². The van der Waals surface area contributed by atoms with E-state index in [0.29, 0.717) is 0 Å². The summed E-state index contributed by atoms with van der Waals surface area (Å²) >= 11 is 0. The molecule has 1 rings (SSSR count). The Morgan fingerprint density at radius 2 is 2.60 bits per heavy atom. The van der Waals surface area contributed by atoms with E-state index < -0.39 is 12.1 Å². The van der Waals surface area contributed by atoms with Crippen molar-refractivity contribution in [1.82, 2.24) is 5.32 Å². The molecule has 1 saturated heterocycles. The van der Waals surface area contributed by atoms with Gasteiger partial charge in [0.2, 0.25) is 0 Å². The van der Waals surface area contributed by atoms with Crippen molar-refractivity contribution in [3.63, 3.8) is 0 Å². The van der Waals surface area contributed by atoms with E-state index in [2.05, 4.69) is 10.1 Å². The van der Waals surface area contributed by atoms with Crippen LogP contribution in [0.4, 0.5) is 4.79 Å². The van der Waals surface area contributed by atoms with Crippen molar-refractivity contribution in [1.29, 1.82) is 0 Å². The SMILES string of the molecule is O=C(O)C[C@@H]1COC(=O)N1. The highest BCUT2D eigenvalue weighted by Gasteiger charge is 2.23. The minimum atomic E-state index is -0.934. The molecule has 0 saturated carbocycles. The highest BCUT2D eigenvalue weighted by atomic mass is 16.6. The third kappa shape index (κ3) is 1.61. The number of nitrogens with one attached hydrogen (secondary N) is 1. The Bertz CT molecular complexity index is 167. The van der Waals surface area contributed by atoms with Crippen LogP contribution >= 0.6 is 0 Å². The summed E-state index contributed by atoms with van der Waals surface area (Å²) in [5.41, 5.74) is 0.